The Hall–Kier alpha value is -3.59. The summed E-state index contributed by atoms with van der Waals surface area (Å²) in [5.74, 6) is -0.423. The highest BCUT2D eigenvalue weighted by Gasteiger charge is 2.28. The molecule has 4 rings (SSSR count). The maximum Gasteiger partial charge on any atom is 0.268 e. The molecule has 2 amide bonds. The van der Waals surface area contributed by atoms with Gasteiger partial charge in [-0.1, -0.05) is 19.1 Å². The van der Waals surface area contributed by atoms with Gasteiger partial charge in [-0.15, -0.1) is 0 Å². The quantitative estimate of drug-likeness (QED) is 0.574. The summed E-state index contributed by atoms with van der Waals surface area (Å²) >= 11 is 0. The molecule has 0 aliphatic carbocycles. The number of benzene rings is 1. The van der Waals surface area contributed by atoms with Crippen molar-refractivity contribution in [1.82, 2.24) is 25.2 Å². The minimum atomic E-state index is -0.347. The molecule has 1 aliphatic rings. The maximum absolute atomic E-state index is 13.2. The highest BCUT2D eigenvalue weighted by molar-refractivity contribution is 6.01. The number of nitrogens with zero attached hydrogens (tertiary/aromatic N) is 3. The van der Waals surface area contributed by atoms with Gasteiger partial charge in [0.1, 0.15) is 17.3 Å². The molecule has 0 saturated carbocycles. The summed E-state index contributed by atoms with van der Waals surface area (Å²) in [7, 11) is 0. The van der Waals surface area contributed by atoms with Crippen molar-refractivity contribution in [2.45, 2.75) is 45.5 Å². The minimum Gasteiger partial charge on any atom is -0.373 e. The van der Waals surface area contributed by atoms with Gasteiger partial charge in [-0.2, -0.15) is 0 Å². The van der Waals surface area contributed by atoms with Gasteiger partial charge in [0.15, 0.2) is 0 Å². The Bertz CT molecular complexity index is 1130. The summed E-state index contributed by atoms with van der Waals surface area (Å²) in [5, 5.41) is 5.91. The summed E-state index contributed by atoms with van der Waals surface area (Å²) < 4.78 is 20.6. The van der Waals surface area contributed by atoms with Gasteiger partial charge in [-0.05, 0) is 43.2 Å². The molecule has 33 heavy (non-hydrogen) atoms. The average molecular weight is 452 g/mol. The van der Waals surface area contributed by atoms with Crippen molar-refractivity contribution in [2.75, 3.05) is 6.61 Å². The van der Waals surface area contributed by atoms with Crippen molar-refractivity contribution in [3.05, 3.63) is 82.9 Å². The summed E-state index contributed by atoms with van der Waals surface area (Å²) in [4.78, 5) is 34.8. The zero-order valence-electron chi connectivity index (χ0n) is 18.5. The summed E-state index contributed by atoms with van der Waals surface area (Å²) in [6.45, 7) is 4.92. The number of aromatic nitrogens is 3. The first-order valence-electron chi connectivity index (χ1n) is 10.9. The van der Waals surface area contributed by atoms with Gasteiger partial charge in [0, 0.05) is 18.9 Å². The third kappa shape index (κ3) is 4.93. The lowest BCUT2D eigenvalue weighted by Gasteiger charge is -2.21. The Kier molecular flexibility index (Phi) is 6.79. The molecular formula is C24H26FN5O3. The van der Waals surface area contributed by atoms with Crippen molar-refractivity contribution in [2.24, 2.45) is 0 Å². The highest BCUT2D eigenvalue weighted by Crippen LogP contribution is 2.23. The zero-order chi connectivity index (χ0) is 23.4. The van der Waals surface area contributed by atoms with Crippen LogP contribution >= 0.6 is 0 Å². The highest BCUT2D eigenvalue weighted by atomic mass is 19.1. The van der Waals surface area contributed by atoms with Crippen LogP contribution in [-0.2, 0) is 17.9 Å². The topological polar surface area (TPSA) is 98.1 Å². The van der Waals surface area contributed by atoms with Gasteiger partial charge in [-0.25, -0.2) is 14.4 Å². The van der Waals surface area contributed by atoms with Crippen LogP contribution in [0.4, 0.5) is 4.39 Å². The second kappa shape index (κ2) is 9.91. The van der Waals surface area contributed by atoms with E-state index in [1.165, 1.54) is 12.1 Å². The Labute approximate surface area is 191 Å². The van der Waals surface area contributed by atoms with Crippen LogP contribution < -0.4 is 10.6 Å². The number of hydrogen-bond acceptors (Lipinski definition) is 5. The van der Waals surface area contributed by atoms with Gasteiger partial charge in [0.25, 0.3) is 11.8 Å². The van der Waals surface area contributed by atoms with E-state index in [4.69, 9.17) is 4.74 Å². The molecule has 2 aromatic heterocycles. The van der Waals surface area contributed by atoms with Crippen molar-refractivity contribution in [1.29, 1.82) is 0 Å². The lowest BCUT2D eigenvalue weighted by atomic mass is 10.1. The molecule has 3 heterocycles. The first-order chi connectivity index (χ1) is 16.0. The Morgan fingerprint density at radius 2 is 1.88 bits per heavy atom. The molecule has 8 nitrogen and oxygen atoms in total. The molecule has 1 unspecified atom stereocenters. The van der Waals surface area contributed by atoms with E-state index in [1.54, 1.807) is 36.7 Å². The molecule has 1 aromatic carbocycles. The van der Waals surface area contributed by atoms with Crippen LogP contribution in [0.1, 0.15) is 70.3 Å². The van der Waals surface area contributed by atoms with Crippen molar-refractivity contribution < 1.29 is 18.7 Å². The number of halogens is 1. The van der Waals surface area contributed by atoms with Crippen molar-refractivity contribution in [3.8, 4) is 0 Å². The SMILES string of the molecule is CCC(NC(=O)c1cc(C(=O)N[C@H](C)c2ccc(F)cc2)c2n1CCOC2)c1ncccn1. The van der Waals surface area contributed by atoms with Crippen LogP contribution in [0.15, 0.2) is 48.8 Å². The van der Waals surface area contributed by atoms with Gasteiger partial charge in [0.05, 0.1) is 36.6 Å². The molecule has 0 bridgehead atoms. The van der Waals surface area contributed by atoms with Gasteiger partial charge in [0.2, 0.25) is 0 Å². The lowest BCUT2D eigenvalue weighted by molar-refractivity contribution is 0.0773. The smallest absolute Gasteiger partial charge is 0.268 e. The van der Waals surface area contributed by atoms with Crippen molar-refractivity contribution in [3.63, 3.8) is 0 Å². The second-order valence-electron chi connectivity index (χ2n) is 7.88. The minimum absolute atomic E-state index is 0.236. The van der Waals surface area contributed by atoms with E-state index in [1.807, 2.05) is 18.4 Å². The zero-order valence-corrected chi connectivity index (χ0v) is 18.5. The van der Waals surface area contributed by atoms with E-state index in [0.29, 0.717) is 42.3 Å². The predicted molar refractivity (Wildman–Crippen MR) is 119 cm³/mol. The van der Waals surface area contributed by atoms with E-state index in [-0.39, 0.29) is 36.3 Å². The number of carbonyl (C=O) groups excluding carboxylic acids is 2. The number of amides is 2. The fourth-order valence-corrected chi connectivity index (χ4v) is 3.89. The summed E-state index contributed by atoms with van der Waals surface area (Å²) in [6.07, 6.45) is 3.89. The summed E-state index contributed by atoms with van der Waals surface area (Å²) in [6, 6.07) is 8.62. The molecule has 0 radical (unpaired) electrons. The van der Waals surface area contributed by atoms with Gasteiger partial charge < -0.3 is 19.9 Å². The maximum atomic E-state index is 13.2. The lowest BCUT2D eigenvalue weighted by Crippen LogP contribution is -2.32. The molecule has 3 aromatic rings. The average Bonchev–Trinajstić information content (AvgIpc) is 3.23. The Morgan fingerprint density at radius 3 is 2.58 bits per heavy atom. The van der Waals surface area contributed by atoms with Gasteiger partial charge >= 0.3 is 0 Å². The van der Waals surface area contributed by atoms with E-state index >= 15 is 0 Å². The Balaban J connectivity index is 1.56. The monoisotopic (exact) mass is 451 g/mol. The van der Waals surface area contributed by atoms with E-state index in [2.05, 4.69) is 20.6 Å². The van der Waals surface area contributed by atoms with Crippen LogP contribution in [0.3, 0.4) is 0 Å². The molecule has 0 saturated heterocycles. The first-order valence-corrected chi connectivity index (χ1v) is 10.9. The Morgan fingerprint density at radius 1 is 1.15 bits per heavy atom. The number of hydrogen-bond donors (Lipinski definition) is 2. The molecule has 0 fully saturated rings. The fraction of sp³-hybridized carbons (Fsp3) is 0.333. The molecule has 0 spiro atoms. The number of nitrogens with one attached hydrogen (secondary N) is 2. The van der Waals surface area contributed by atoms with Crippen LogP contribution in [0, 0.1) is 5.82 Å². The molecular weight excluding hydrogens is 425 g/mol. The van der Waals surface area contributed by atoms with Crippen molar-refractivity contribution >= 4 is 11.8 Å². The van der Waals surface area contributed by atoms with Crippen LogP contribution in [0.25, 0.3) is 0 Å². The molecule has 172 valence electrons. The normalized spacial score (nSPS) is 14.8. The fourth-order valence-electron chi connectivity index (χ4n) is 3.89. The first kappa shape index (κ1) is 22.6. The van der Waals surface area contributed by atoms with E-state index in [0.717, 1.165) is 5.56 Å². The predicted octanol–water partition coefficient (Wildman–Crippen LogP) is 3.32. The number of rotatable bonds is 7. The molecule has 2 N–H and O–H groups in total. The molecule has 1 aliphatic heterocycles. The van der Waals surface area contributed by atoms with E-state index < -0.39 is 0 Å². The number of fused-ring (bicyclic) bond motifs is 1. The second-order valence-corrected chi connectivity index (χ2v) is 7.88. The standard InChI is InChI=1S/C24H26FN5O3/c1-3-19(22-26-9-4-10-27-22)29-24(32)20-13-18(21-14-33-12-11-30(20)21)23(31)28-15(2)16-5-7-17(25)8-6-16/h4-10,13,15,19H,3,11-12,14H2,1-2H3,(H,28,31)(H,29,32)/t15-,19?/m1/s1. The largest absolute Gasteiger partial charge is 0.373 e. The third-order valence-electron chi connectivity index (χ3n) is 5.71. The van der Waals surface area contributed by atoms with Crippen LogP contribution in [-0.4, -0.2) is 33.0 Å². The molecule has 2 atom stereocenters. The molecule has 9 heteroatoms. The number of carbonyl (C=O) groups is 2. The van der Waals surface area contributed by atoms with Crippen LogP contribution in [0.5, 0.6) is 0 Å². The van der Waals surface area contributed by atoms with E-state index in [9.17, 15) is 14.0 Å². The van der Waals surface area contributed by atoms with Crippen LogP contribution in [0.2, 0.25) is 0 Å². The third-order valence-corrected chi connectivity index (χ3v) is 5.71. The summed E-state index contributed by atoms with van der Waals surface area (Å²) in [5.41, 5.74) is 2.21. The number of ether oxygens (including phenoxy) is 1. The van der Waals surface area contributed by atoms with Gasteiger partial charge in [-0.3, -0.25) is 9.59 Å².